The topological polar surface area (TPSA) is 55.4 Å². The van der Waals surface area contributed by atoms with Crippen molar-refractivity contribution in [2.24, 2.45) is 0 Å². The van der Waals surface area contributed by atoms with Crippen LogP contribution in [-0.4, -0.2) is 19.0 Å². The van der Waals surface area contributed by atoms with Crippen LogP contribution in [0.2, 0.25) is 5.02 Å². The molecule has 6 heteroatoms. The zero-order valence-corrected chi connectivity index (χ0v) is 15.4. The Labute approximate surface area is 155 Å². The Morgan fingerprint density at radius 3 is 2.64 bits per heavy atom. The maximum atomic E-state index is 12.3. The Kier molecular flexibility index (Phi) is 5.56. The van der Waals surface area contributed by atoms with Gasteiger partial charge in [0.05, 0.1) is 12.7 Å². The summed E-state index contributed by atoms with van der Waals surface area (Å²) in [6.07, 6.45) is 7.11. The van der Waals surface area contributed by atoms with Gasteiger partial charge in [-0.25, -0.2) is 4.79 Å². The van der Waals surface area contributed by atoms with Crippen molar-refractivity contribution in [1.29, 1.82) is 0 Å². The second kappa shape index (κ2) is 7.85. The van der Waals surface area contributed by atoms with E-state index >= 15 is 0 Å². The molecule has 0 fully saturated rings. The summed E-state index contributed by atoms with van der Waals surface area (Å²) in [5.74, 6) is -0.671. The number of rotatable bonds is 4. The van der Waals surface area contributed by atoms with Crippen molar-refractivity contribution in [3.05, 3.63) is 56.9 Å². The van der Waals surface area contributed by atoms with E-state index in [9.17, 15) is 9.59 Å². The number of hydrogen-bond acceptors (Lipinski definition) is 4. The number of anilines is 1. The van der Waals surface area contributed by atoms with Gasteiger partial charge in [-0.3, -0.25) is 4.79 Å². The Bertz CT molecular complexity index is 824. The fraction of sp³-hybridized carbons (Fsp3) is 0.263. The highest BCUT2D eigenvalue weighted by molar-refractivity contribution is 7.17. The maximum absolute atomic E-state index is 12.3. The number of amides is 1. The molecule has 0 spiro atoms. The highest BCUT2D eigenvalue weighted by atomic mass is 35.5. The summed E-state index contributed by atoms with van der Waals surface area (Å²) in [4.78, 5) is 25.6. The van der Waals surface area contributed by atoms with Gasteiger partial charge in [0.15, 0.2) is 0 Å². The molecule has 4 nitrogen and oxygen atoms in total. The molecule has 1 amide bonds. The summed E-state index contributed by atoms with van der Waals surface area (Å²) in [6.45, 7) is 0. The largest absolute Gasteiger partial charge is 0.465 e. The third-order valence-electron chi connectivity index (χ3n) is 4.09. The highest BCUT2D eigenvalue weighted by Crippen LogP contribution is 2.38. The molecule has 1 N–H and O–H groups in total. The molecule has 3 rings (SSSR count). The first-order valence-electron chi connectivity index (χ1n) is 8.06. The molecule has 0 saturated heterocycles. The fourth-order valence-electron chi connectivity index (χ4n) is 2.87. The van der Waals surface area contributed by atoms with E-state index in [2.05, 4.69) is 5.32 Å². The van der Waals surface area contributed by atoms with Crippen LogP contribution in [0.15, 0.2) is 30.3 Å². The van der Waals surface area contributed by atoms with Crippen molar-refractivity contribution >= 4 is 45.9 Å². The second-order valence-electron chi connectivity index (χ2n) is 5.78. The molecule has 25 heavy (non-hydrogen) atoms. The number of benzene rings is 1. The Morgan fingerprint density at radius 2 is 1.92 bits per heavy atom. The highest BCUT2D eigenvalue weighted by Gasteiger charge is 2.26. The van der Waals surface area contributed by atoms with E-state index in [1.807, 2.05) is 12.1 Å². The van der Waals surface area contributed by atoms with Gasteiger partial charge in [0.2, 0.25) is 5.91 Å². The Hall–Kier alpha value is -2.11. The van der Waals surface area contributed by atoms with Crippen molar-refractivity contribution in [3.63, 3.8) is 0 Å². The Balaban J connectivity index is 1.79. The predicted molar refractivity (Wildman–Crippen MR) is 101 cm³/mol. The summed E-state index contributed by atoms with van der Waals surface area (Å²) >= 11 is 7.32. The lowest BCUT2D eigenvalue weighted by Gasteiger charge is -2.11. The van der Waals surface area contributed by atoms with Crippen molar-refractivity contribution in [3.8, 4) is 0 Å². The molecule has 0 unspecified atom stereocenters. The van der Waals surface area contributed by atoms with Crippen molar-refractivity contribution in [2.75, 3.05) is 12.4 Å². The number of aryl methyl sites for hydroxylation is 1. The predicted octanol–water partition coefficient (Wildman–Crippen LogP) is 4.72. The molecule has 1 aromatic heterocycles. The number of esters is 1. The van der Waals surface area contributed by atoms with Gasteiger partial charge in [-0.15, -0.1) is 11.3 Å². The smallest absolute Gasteiger partial charge is 0.341 e. The fourth-order valence-corrected chi connectivity index (χ4v) is 4.28. The number of carbonyl (C=O) groups is 2. The lowest BCUT2D eigenvalue weighted by Crippen LogP contribution is -2.13. The zero-order chi connectivity index (χ0) is 17.8. The minimum atomic E-state index is -0.392. The number of fused-ring (bicyclic) bond motifs is 1. The lowest BCUT2D eigenvalue weighted by atomic mass is 9.95. The van der Waals surface area contributed by atoms with Crippen LogP contribution < -0.4 is 5.32 Å². The van der Waals surface area contributed by atoms with Gasteiger partial charge < -0.3 is 10.1 Å². The summed E-state index contributed by atoms with van der Waals surface area (Å²) in [5.41, 5.74) is 2.41. The quantitative estimate of drug-likeness (QED) is 0.621. The van der Waals surface area contributed by atoms with Gasteiger partial charge >= 0.3 is 5.97 Å². The van der Waals surface area contributed by atoms with Crippen LogP contribution in [0.4, 0.5) is 5.00 Å². The molecule has 1 aromatic carbocycles. The van der Waals surface area contributed by atoms with Gasteiger partial charge in [-0.05, 0) is 55.0 Å². The number of ether oxygens (including phenoxy) is 1. The first-order valence-corrected chi connectivity index (χ1v) is 9.25. The van der Waals surface area contributed by atoms with Crippen LogP contribution in [0.3, 0.4) is 0 Å². The molecule has 0 aliphatic heterocycles. The molecule has 1 aliphatic carbocycles. The maximum Gasteiger partial charge on any atom is 0.341 e. The molecule has 1 aliphatic rings. The first-order chi connectivity index (χ1) is 12.1. The third kappa shape index (κ3) is 4.11. The van der Waals surface area contributed by atoms with E-state index in [-0.39, 0.29) is 5.91 Å². The lowest BCUT2D eigenvalue weighted by molar-refractivity contribution is -0.111. The van der Waals surface area contributed by atoms with Gasteiger partial charge in [-0.1, -0.05) is 23.7 Å². The molecule has 1 heterocycles. The second-order valence-corrected chi connectivity index (χ2v) is 7.32. The standard InChI is InChI=1S/C19H18ClNO3S/c1-24-19(23)17-14-4-2-3-5-15(14)25-18(17)21-16(22)11-8-12-6-9-13(20)10-7-12/h6-11H,2-5H2,1H3,(H,21,22)/b11-8+. The van der Waals surface area contributed by atoms with Gasteiger partial charge in [0.1, 0.15) is 5.00 Å². The molecule has 0 bridgehead atoms. The summed E-state index contributed by atoms with van der Waals surface area (Å²) < 4.78 is 4.91. The van der Waals surface area contributed by atoms with E-state index in [4.69, 9.17) is 16.3 Å². The minimum Gasteiger partial charge on any atom is -0.465 e. The number of thiophene rings is 1. The van der Waals surface area contributed by atoms with Gasteiger partial charge in [0.25, 0.3) is 0 Å². The van der Waals surface area contributed by atoms with Gasteiger partial charge in [-0.2, -0.15) is 0 Å². The van der Waals surface area contributed by atoms with E-state index in [1.165, 1.54) is 29.4 Å². The third-order valence-corrected chi connectivity index (χ3v) is 5.55. The number of methoxy groups -OCH3 is 1. The first kappa shape index (κ1) is 17.7. The van der Waals surface area contributed by atoms with Crippen molar-refractivity contribution < 1.29 is 14.3 Å². The molecular weight excluding hydrogens is 358 g/mol. The molecule has 130 valence electrons. The summed E-state index contributed by atoms with van der Waals surface area (Å²) in [7, 11) is 1.36. The summed E-state index contributed by atoms with van der Waals surface area (Å²) in [6, 6.07) is 7.19. The zero-order valence-electron chi connectivity index (χ0n) is 13.8. The molecule has 0 saturated carbocycles. The number of halogens is 1. The average molecular weight is 376 g/mol. The van der Waals surface area contributed by atoms with Crippen molar-refractivity contribution in [1.82, 2.24) is 0 Å². The van der Waals surface area contributed by atoms with Crippen LogP contribution in [0.5, 0.6) is 0 Å². The average Bonchev–Trinajstić information content (AvgIpc) is 2.98. The van der Waals surface area contributed by atoms with E-state index in [0.29, 0.717) is 15.6 Å². The van der Waals surface area contributed by atoms with Crippen LogP contribution in [0, 0.1) is 0 Å². The SMILES string of the molecule is COC(=O)c1c(NC(=O)/C=C/c2ccc(Cl)cc2)sc2c1CCCC2. The van der Waals surface area contributed by atoms with Crippen molar-refractivity contribution in [2.45, 2.75) is 25.7 Å². The van der Waals surface area contributed by atoms with Crippen LogP contribution in [0.1, 0.15) is 39.2 Å². The van der Waals surface area contributed by atoms with Gasteiger partial charge in [0, 0.05) is 16.0 Å². The Morgan fingerprint density at radius 1 is 1.20 bits per heavy atom. The van der Waals surface area contributed by atoms with Crippen LogP contribution >= 0.6 is 22.9 Å². The van der Waals surface area contributed by atoms with Crippen LogP contribution in [-0.2, 0) is 22.4 Å². The van der Waals surface area contributed by atoms with Crippen LogP contribution in [0.25, 0.3) is 6.08 Å². The molecule has 0 atom stereocenters. The number of carbonyl (C=O) groups excluding carboxylic acids is 2. The number of hydrogen-bond donors (Lipinski definition) is 1. The minimum absolute atomic E-state index is 0.279. The normalized spacial score (nSPS) is 13.5. The van der Waals surface area contributed by atoms with E-state index in [1.54, 1.807) is 18.2 Å². The summed E-state index contributed by atoms with van der Waals surface area (Å²) in [5, 5.41) is 4.05. The molecule has 0 radical (unpaired) electrons. The number of nitrogens with one attached hydrogen (secondary N) is 1. The molecular formula is C19H18ClNO3S. The monoisotopic (exact) mass is 375 g/mol. The van der Waals surface area contributed by atoms with E-state index < -0.39 is 5.97 Å². The molecule has 2 aromatic rings. The van der Waals surface area contributed by atoms with E-state index in [0.717, 1.165) is 36.8 Å².